The Morgan fingerprint density at radius 1 is 1.44 bits per heavy atom. The molecule has 0 aliphatic heterocycles. The van der Waals surface area contributed by atoms with Crippen LogP contribution in [0.3, 0.4) is 0 Å². The third kappa shape index (κ3) is 2.33. The smallest absolute Gasteiger partial charge is 0.0694 e. The Bertz CT molecular complexity index is 425. The van der Waals surface area contributed by atoms with E-state index in [9.17, 15) is 0 Å². The predicted molar refractivity (Wildman–Crippen MR) is 73.4 cm³/mol. The van der Waals surface area contributed by atoms with Crippen molar-refractivity contribution in [2.75, 3.05) is 6.54 Å². The van der Waals surface area contributed by atoms with Crippen LogP contribution in [0.25, 0.3) is 0 Å². The zero-order valence-corrected chi connectivity index (χ0v) is 11.9. The molecule has 0 amide bonds. The van der Waals surface area contributed by atoms with Gasteiger partial charge in [0.25, 0.3) is 0 Å². The van der Waals surface area contributed by atoms with Gasteiger partial charge in [0.05, 0.1) is 5.69 Å². The van der Waals surface area contributed by atoms with Crippen LogP contribution in [0.1, 0.15) is 56.7 Å². The van der Waals surface area contributed by atoms with Gasteiger partial charge in [-0.3, -0.25) is 4.68 Å². The fourth-order valence-corrected chi connectivity index (χ4v) is 3.21. The third-order valence-corrected chi connectivity index (χ3v) is 4.61. The minimum absolute atomic E-state index is 0.515. The van der Waals surface area contributed by atoms with Crippen molar-refractivity contribution in [3.63, 3.8) is 0 Å². The van der Waals surface area contributed by atoms with Gasteiger partial charge < -0.3 is 5.32 Å². The Balaban J connectivity index is 1.56. The van der Waals surface area contributed by atoms with Crippen LogP contribution >= 0.6 is 0 Å². The lowest BCUT2D eigenvalue weighted by Gasteiger charge is -2.15. The highest BCUT2D eigenvalue weighted by Crippen LogP contribution is 2.60. The average Bonchev–Trinajstić information content (AvgIpc) is 3.18. The molecule has 2 aliphatic rings. The van der Waals surface area contributed by atoms with Crippen molar-refractivity contribution in [2.24, 2.45) is 18.4 Å². The summed E-state index contributed by atoms with van der Waals surface area (Å²) in [5, 5.41) is 8.25. The van der Waals surface area contributed by atoms with E-state index in [-0.39, 0.29) is 0 Å². The van der Waals surface area contributed by atoms with Crippen molar-refractivity contribution in [1.82, 2.24) is 15.1 Å². The molecule has 1 aromatic heterocycles. The first kappa shape index (κ1) is 12.2. The minimum Gasteiger partial charge on any atom is -0.312 e. The van der Waals surface area contributed by atoms with Crippen LogP contribution < -0.4 is 5.32 Å². The van der Waals surface area contributed by atoms with E-state index in [1.165, 1.54) is 43.5 Å². The number of nitrogens with zero attached hydrogens (tertiary/aromatic N) is 2. The number of hydrogen-bond donors (Lipinski definition) is 1. The SMILES string of the molecule is CC(C)c1nn(C)cc1CNCC1(C2CC2)CC1. The summed E-state index contributed by atoms with van der Waals surface area (Å²) >= 11 is 0. The summed E-state index contributed by atoms with van der Waals surface area (Å²) in [6.45, 7) is 6.64. The van der Waals surface area contributed by atoms with Crippen molar-refractivity contribution in [3.05, 3.63) is 17.5 Å². The second-order valence-corrected chi connectivity index (χ2v) is 6.61. The summed E-state index contributed by atoms with van der Waals surface area (Å²) < 4.78 is 1.94. The maximum atomic E-state index is 4.56. The standard InChI is InChI=1S/C15H25N3/c1-11(2)14-12(9-18(3)17-14)8-16-10-15(6-7-15)13-4-5-13/h9,11,13,16H,4-8,10H2,1-3H3. The molecule has 0 radical (unpaired) electrons. The van der Waals surface area contributed by atoms with Crippen LogP contribution in [0.2, 0.25) is 0 Å². The number of rotatable bonds is 6. The topological polar surface area (TPSA) is 29.9 Å². The second kappa shape index (κ2) is 4.37. The van der Waals surface area contributed by atoms with Gasteiger partial charge in [-0.1, -0.05) is 13.8 Å². The van der Waals surface area contributed by atoms with E-state index in [2.05, 4.69) is 30.5 Å². The van der Waals surface area contributed by atoms with Gasteiger partial charge in [-0.15, -0.1) is 0 Å². The zero-order chi connectivity index (χ0) is 12.8. The number of nitrogens with one attached hydrogen (secondary N) is 1. The summed E-state index contributed by atoms with van der Waals surface area (Å²) in [5.74, 6) is 1.56. The number of hydrogen-bond acceptors (Lipinski definition) is 2. The van der Waals surface area contributed by atoms with Gasteiger partial charge in [0.1, 0.15) is 0 Å². The van der Waals surface area contributed by atoms with Gasteiger partial charge in [-0.2, -0.15) is 5.10 Å². The fraction of sp³-hybridized carbons (Fsp3) is 0.800. The van der Waals surface area contributed by atoms with E-state index < -0.39 is 0 Å². The van der Waals surface area contributed by atoms with Crippen molar-refractivity contribution in [1.29, 1.82) is 0 Å². The molecule has 0 atom stereocenters. The summed E-state index contributed by atoms with van der Waals surface area (Å²) in [6, 6.07) is 0. The van der Waals surface area contributed by atoms with E-state index in [1.807, 2.05) is 11.7 Å². The van der Waals surface area contributed by atoms with Crippen LogP contribution in [0.15, 0.2) is 6.20 Å². The van der Waals surface area contributed by atoms with Gasteiger partial charge in [-0.05, 0) is 42.9 Å². The largest absolute Gasteiger partial charge is 0.312 e. The molecular weight excluding hydrogens is 222 g/mol. The fourth-order valence-electron chi connectivity index (χ4n) is 3.21. The first-order valence-corrected chi connectivity index (χ1v) is 7.34. The Morgan fingerprint density at radius 2 is 2.17 bits per heavy atom. The molecule has 18 heavy (non-hydrogen) atoms. The highest BCUT2D eigenvalue weighted by atomic mass is 15.3. The highest BCUT2D eigenvalue weighted by Gasteiger charge is 2.53. The monoisotopic (exact) mass is 247 g/mol. The lowest BCUT2D eigenvalue weighted by molar-refractivity contribution is 0.403. The maximum Gasteiger partial charge on any atom is 0.0694 e. The molecule has 3 nitrogen and oxygen atoms in total. The molecular formula is C15H25N3. The van der Waals surface area contributed by atoms with Gasteiger partial charge in [-0.25, -0.2) is 0 Å². The van der Waals surface area contributed by atoms with Crippen molar-refractivity contribution in [2.45, 2.75) is 52.0 Å². The Hall–Kier alpha value is -0.830. The number of aromatic nitrogens is 2. The van der Waals surface area contributed by atoms with Gasteiger partial charge in [0, 0.05) is 31.9 Å². The third-order valence-electron chi connectivity index (χ3n) is 4.61. The van der Waals surface area contributed by atoms with Crippen molar-refractivity contribution < 1.29 is 0 Å². The molecule has 1 heterocycles. The number of aryl methyl sites for hydroxylation is 1. The zero-order valence-electron chi connectivity index (χ0n) is 11.9. The molecule has 2 aliphatic carbocycles. The van der Waals surface area contributed by atoms with Crippen LogP contribution in [0.4, 0.5) is 0 Å². The second-order valence-electron chi connectivity index (χ2n) is 6.61. The van der Waals surface area contributed by atoms with Gasteiger partial charge in [0.15, 0.2) is 0 Å². The van der Waals surface area contributed by atoms with Crippen LogP contribution in [0.5, 0.6) is 0 Å². The Labute approximate surface area is 110 Å². The van der Waals surface area contributed by atoms with E-state index in [0.717, 1.165) is 12.5 Å². The lowest BCUT2D eigenvalue weighted by Crippen LogP contribution is -2.25. The molecule has 2 fully saturated rings. The molecule has 1 aromatic rings. The summed E-state index contributed by atoms with van der Waals surface area (Å²) in [6.07, 6.45) is 8.03. The van der Waals surface area contributed by atoms with E-state index in [1.54, 1.807) is 0 Å². The van der Waals surface area contributed by atoms with Gasteiger partial charge >= 0.3 is 0 Å². The van der Waals surface area contributed by atoms with Crippen LogP contribution in [0, 0.1) is 11.3 Å². The minimum atomic E-state index is 0.515. The summed E-state index contributed by atoms with van der Waals surface area (Å²) in [5.41, 5.74) is 3.32. The van der Waals surface area contributed by atoms with Crippen molar-refractivity contribution in [3.8, 4) is 0 Å². The summed E-state index contributed by atoms with van der Waals surface area (Å²) in [4.78, 5) is 0. The van der Waals surface area contributed by atoms with E-state index in [0.29, 0.717) is 11.3 Å². The molecule has 1 N–H and O–H groups in total. The molecule has 3 heteroatoms. The molecule has 3 rings (SSSR count). The van der Waals surface area contributed by atoms with Crippen LogP contribution in [-0.2, 0) is 13.6 Å². The lowest BCUT2D eigenvalue weighted by atomic mass is 10.0. The first-order valence-electron chi connectivity index (χ1n) is 7.34. The van der Waals surface area contributed by atoms with Crippen molar-refractivity contribution >= 4 is 0 Å². The molecule has 100 valence electrons. The van der Waals surface area contributed by atoms with E-state index >= 15 is 0 Å². The normalized spacial score (nSPS) is 21.6. The van der Waals surface area contributed by atoms with E-state index in [4.69, 9.17) is 0 Å². The quantitative estimate of drug-likeness (QED) is 0.837. The molecule has 0 unspecified atom stereocenters. The van der Waals surface area contributed by atoms with Crippen LogP contribution in [-0.4, -0.2) is 16.3 Å². The predicted octanol–water partition coefficient (Wildman–Crippen LogP) is 2.82. The first-order chi connectivity index (χ1) is 8.61. The Morgan fingerprint density at radius 3 is 2.72 bits per heavy atom. The summed E-state index contributed by atoms with van der Waals surface area (Å²) in [7, 11) is 2.02. The maximum absolute atomic E-state index is 4.56. The molecule has 0 bridgehead atoms. The Kier molecular flexibility index (Phi) is 2.97. The molecule has 2 saturated carbocycles. The highest BCUT2D eigenvalue weighted by molar-refractivity contribution is 5.20. The molecule has 0 spiro atoms. The average molecular weight is 247 g/mol. The molecule has 0 saturated heterocycles. The molecule has 0 aromatic carbocycles. The van der Waals surface area contributed by atoms with Gasteiger partial charge in [0.2, 0.25) is 0 Å².